The highest BCUT2D eigenvalue weighted by molar-refractivity contribution is 5.15. The van der Waals surface area contributed by atoms with Gasteiger partial charge in [-0.15, -0.1) is 0 Å². The third-order valence-electron chi connectivity index (χ3n) is 5.82. The molecule has 0 amide bonds. The molecule has 1 saturated heterocycles. The lowest BCUT2D eigenvalue weighted by atomic mass is 9.98. The molecule has 0 saturated carbocycles. The van der Waals surface area contributed by atoms with Crippen LogP contribution in [0.3, 0.4) is 0 Å². The van der Waals surface area contributed by atoms with E-state index in [1.165, 1.54) is 0 Å². The van der Waals surface area contributed by atoms with Gasteiger partial charge in [-0.05, 0) is 23.6 Å². The predicted molar refractivity (Wildman–Crippen MR) is 126 cm³/mol. The summed E-state index contributed by atoms with van der Waals surface area (Å²) in [4.78, 5) is 0. The van der Waals surface area contributed by atoms with Gasteiger partial charge in [-0.3, -0.25) is 0 Å². The Morgan fingerprint density at radius 1 is 0.576 bits per heavy atom. The molecule has 0 radical (unpaired) electrons. The minimum Gasteiger partial charge on any atom is -0.368 e. The summed E-state index contributed by atoms with van der Waals surface area (Å²) < 4.78 is 31.0. The van der Waals surface area contributed by atoms with Crippen molar-refractivity contribution in [2.45, 2.75) is 57.5 Å². The van der Waals surface area contributed by atoms with Crippen molar-refractivity contribution in [2.75, 3.05) is 7.11 Å². The van der Waals surface area contributed by atoms with E-state index in [9.17, 15) is 0 Å². The molecule has 5 nitrogen and oxygen atoms in total. The van der Waals surface area contributed by atoms with Crippen LogP contribution >= 0.6 is 0 Å². The fraction of sp³-hybridized carbons (Fsp3) is 0.357. The Morgan fingerprint density at radius 3 is 1.39 bits per heavy atom. The van der Waals surface area contributed by atoms with Crippen LogP contribution in [0.25, 0.3) is 0 Å². The number of rotatable bonds is 10. The summed E-state index contributed by atoms with van der Waals surface area (Å²) in [5.74, 6) is 0. The minimum atomic E-state index is -0.555. The van der Waals surface area contributed by atoms with E-state index in [0.717, 1.165) is 16.7 Å². The second kappa shape index (κ2) is 12.1. The van der Waals surface area contributed by atoms with Gasteiger partial charge in [0, 0.05) is 7.11 Å². The van der Waals surface area contributed by atoms with Gasteiger partial charge in [-0.25, -0.2) is 0 Å². The molecule has 5 heteroatoms. The molecule has 0 N–H and O–H groups in total. The minimum absolute atomic E-state index is 0.226. The fourth-order valence-electron chi connectivity index (χ4n) is 4.06. The Balaban J connectivity index is 1.53. The second-order valence-electron chi connectivity index (χ2n) is 8.23. The lowest BCUT2D eigenvalue weighted by Crippen LogP contribution is -2.59. The Morgan fingerprint density at radius 2 is 0.970 bits per heavy atom. The average molecular weight is 449 g/mol. The maximum Gasteiger partial charge on any atom is 0.186 e. The quantitative estimate of drug-likeness (QED) is 0.430. The van der Waals surface area contributed by atoms with Crippen LogP contribution in [-0.2, 0) is 43.5 Å². The van der Waals surface area contributed by atoms with Gasteiger partial charge in [0.2, 0.25) is 0 Å². The lowest BCUT2D eigenvalue weighted by molar-refractivity contribution is -0.314. The van der Waals surface area contributed by atoms with Gasteiger partial charge < -0.3 is 23.7 Å². The van der Waals surface area contributed by atoms with Gasteiger partial charge in [-0.2, -0.15) is 0 Å². The maximum absolute atomic E-state index is 6.46. The first kappa shape index (κ1) is 23.6. The topological polar surface area (TPSA) is 46.2 Å². The smallest absolute Gasteiger partial charge is 0.186 e. The third-order valence-corrected chi connectivity index (χ3v) is 5.82. The number of ether oxygens (including phenoxy) is 5. The lowest BCUT2D eigenvalue weighted by Gasteiger charge is -2.44. The van der Waals surface area contributed by atoms with Gasteiger partial charge in [0.15, 0.2) is 6.29 Å². The van der Waals surface area contributed by atoms with Crippen molar-refractivity contribution in [2.24, 2.45) is 0 Å². The van der Waals surface area contributed by atoms with Crippen molar-refractivity contribution < 1.29 is 23.7 Å². The Bertz CT molecular complexity index is 934. The van der Waals surface area contributed by atoms with Crippen LogP contribution in [0.5, 0.6) is 0 Å². The maximum atomic E-state index is 6.46. The molecule has 5 atom stereocenters. The summed E-state index contributed by atoms with van der Waals surface area (Å²) in [6.45, 7) is 3.34. The average Bonchev–Trinajstić information content (AvgIpc) is 2.87. The van der Waals surface area contributed by atoms with Gasteiger partial charge in [0.25, 0.3) is 0 Å². The summed E-state index contributed by atoms with van der Waals surface area (Å²) in [6.07, 6.45) is -1.92. The molecule has 33 heavy (non-hydrogen) atoms. The molecule has 0 spiro atoms. The number of hydrogen-bond acceptors (Lipinski definition) is 5. The van der Waals surface area contributed by atoms with Crippen molar-refractivity contribution in [3.05, 3.63) is 108 Å². The molecular weight excluding hydrogens is 416 g/mol. The molecule has 1 unspecified atom stereocenters. The van der Waals surface area contributed by atoms with E-state index in [-0.39, 0.29) is 18.3 Å². The summed E-state index contributed by atoms with van der Waals surface area (Å²) >= 11 is 0. The SMILES string of the molecule is COC1O[C@@H](C)[C@@H](OCc2ccccc2)[C@@H](OCc2ccccc2)[C@@H]1OCc1ccccc1. The highest BCUT2D eigenvalue weighted by Gasteiger charge is 2.47. The van der Waals surface area contributed by atoms with E-state index < -0.39 is 12.4 Å². The molecule has 3 aromatic carbocycles. The molecule has 174 valence electrons. The number of benzene rings is 3. The monoisotopic (exact) mass is 448 g/mol. The van der Waals surface area contributed by atoms with Crippen LogP contribution in [0.15, 0.2) is 91.0 Å². The summed E-state index contributed by atoms with van der Waals surface area (Å²) in [7, 11) is 1.63. The van der Waals surface area contributed by atoms with Crippen molar-refractivity contribution in [3.8, 4) is 0 Å². The van der Waals surface area contributed by atoms with E-state index >= 15 is 0 Å². The highest BCUT2D eigenvalue weighted by Crippen LogP contribution is 2.30. The first-order valence-corrected chi connectivity index (χ1v) is 11.4. The van der Waals surface area contributed by atoms with Crippen LogP contribution in [0, 0.1) is 0 Å². The van der Waals surface area contributed by atoms with E-state index in [1.807, 2.05) is 73.7 Å². The van der Waals surface area contributed by atoms with Gasteiger partial charge in [-0.1, -0.05) is 91.0 Å². The van der Waals surface area contributed by atoms with E-state index in [1.54, 1.807) is 7.11 Å². The van der Waals surface area contributed by atoms with Crippen LogP contribution in [0.4, 0.5) is 0 Å². The Labute approximate surface area is 196 Å². The number of hydrogen-bond donors (Lipinski definition) is 0. The number of methoxy groups -OCH3 is 1. The largest absolute Gasteiger partial charge is 0.368 e. The highest BCUT2D eigenvalue weighted by atomic mass is 16.7. The fourth-order valence-corrected chi connectivity index (χ4v) is 4.06. The van der Waals surface area contributed by atoms with Crippen LogP contribution in [-0.4, -0.2) is 37.8 Å². The molecule has 1 heterocycles. The third kappa shape index (κ3) is 6.50. The molecule has 4 rings (SSSR count). The molecule has 1 aliphatic rings. The van der Waals surface area contributed by atoms with Gasteiger partial charge in [0.1, 0.15) is 18.3 Å². The van der Waals surface area contributed by atoms with E-state index in [2.05, 4.69) is 24.3 Å². The first-order valence-electron chi connectivity index (χ1n) is 11.4. The summed E-state index contributed by atoms with van der Waals surface area (Å²) in [5, 5.41) is 0. The van der Waals surface area contributed by atoms with Crippen LogP contribution in [0.2, 0.25) is 0 Å². The zero-order chi connectivity index (χ0) is 22.9. The molecule has 0 aromatic heterocycles. The van der Waals surface area contributed by atoms with Crippen molar-refractivity contribution in [1.82, 2.24) is 0 Å². The molecule has 0 aliphatic carbocycles. The Kier molecular flexibility index (Phi) is 8.64. The van der Waals surface area contributed by atoms with Gasteiger partial charge >= 0.3 is 0 Å². The first-order chi connectivity index (χ1) is 16.2. The Hall–Kier alpha value is -2.54. The van der Waals surface area contributed by atoms with Gasteiger partial charge in [0.05, 0.1) is 25.9 Å². The molecular formula is C28H32O5. The van der Waals surface area contributed by atoms with Crippen molar-refractivity contribution in [3.63, 3.8) is 0 Å². The standard InChI is InChI=1S/C28H32O5/c1-21-25(30-18-22-12-6-3-7-13-22)26(31-19-23-14-8-4-9-15-23)27(28(29-2)33-21)32-20-24-16-10-5-11-17-24/h3-17,21,25-28H,18-20H2,1-2H3/t21-,25+,26+,27-,28?/m0/s1. The van der Waals surface area contributed by atoms with E-state index in [4.69, 9.17) is 23.7 Å². The van der Waals surface area contributed by atoms with E-state index in [0.29, 0.717) is 19.8 Å². The zero-order valence-electron chi connectivity index (χ0n) is 19.2. The van der Waals surface area contributed by atoms with Crippen LogP contribution in [0.1, 0.15) is 23.6 Å². The predicted octanol–water partition coefficient (Wildman–Crippen LogP) is 5.13. The van der Waals surface area contributed by atoms with Crippen molar-refractivity contribution in [1.29, 1.82) is 0 Å². The zero-order valence-corrected chi connectivity index (χ0v) is 19.2. The molecule has 0 bridgehead atoms. The summed E-state index contributed by atoms with van der Waals surface area (Å²) in [5.41, 5.74) is 3.27. The summed E-state index contributed by atoms with van der Waals surface area (Å²) in [6, 6.07) is 30.3. The normalized spacial score (nSPS) is 25.1. The van der Waals surface area contributed by atoms with Crippen molar-refractivity contribution >= 4 is 0 Å². The second-order valence-corrected chi connectivity index (χ2v) is 8.23. The molecule has 3 aromatic rings. The van der Waals surface area contributed by atoms with Crippen LogP contribution < -0.4 is 0 Å². The molecule has 1 aliphatic heterocycles. The molecule has 1 fully saturated rings.